The molecule has 0 bridgehead atoms. The van der Waals surface area contributed by atoms with E-state index in [1.165, 1.54) is 17.0 Å². The Morgan fingerprint density at radius 3 is 2.45 bits per heavy atom. The first kappa shape index (κ1) is 21.3. The maximum atomic E-state index is 13.1. The largest absolute Gasteiger partial charge is 0.417 e. The zero-order chi connectivity index (χ0) is 21.2. The zero-order valence-corrected chi connectivity index (χ0v) is 16.3. The van der Waals surface area contributed by atoms with Crippen molar-refractivity contribution in [2.75, 3.05) is 45.9 Å². The van der Waals surface area contributed by atoms with Gasteiger partial charge in [0, 0.05) is 31.9 Å². The summed E-state index contributed by atoms with van der Waals surface area (Å²) in [4.78, 5) is 18.0. The molecule has 1 aromatic carbocycles. The number of amides is 1. The Labute approximate surface area is 171 Å². The first-order chi connectivity index (χ1) is 13.7. The molecule has 0 radical (unpaired) electrons. The summed E-state index contributed by atoms with van der Waals surface area (Å²) in [5.41, 5.74) is -0.667. The minimum Gasteiger partial charge on any atom is -0.378 e. The van der Waals surface area contributed by atoms with Crippen LogP contribution in [0, 0.1) is 0 Å². The molecule has 0 spiro atoms. The van der Waals surface area contributed by atoms with Crippen LogP contribution in [0.4, 0.5) is 13.2 Å². The predicted molar refractivity (Wildman–Crippen MR) is 102 cm³/mol. The molecular weight excluding hydrogens is 411 g/mol. The molecule has 29 heavy (non-hydrogen) atoms. The number of nitrogens with zero attached hydrogens (tertiary/aromatic N) is 4. The molecule has 3 rings (SSSR count). The monoisotopic (exact) mass is 431 g/mol. The summed E-state index contributed by atoms with van der Waals surface area (Å²) >= 11 is 5.89. The Balaban J connectivity index is 1.74. The Morgan fingerprint density at radius 2 is 1.86 bits per heavy atom. The smallest absolute Gasteiger partial charge is 0.378 e. The number of rotatable bonds is 1. The molecule has 0 unspecified atom stereocenters. The summed E-state index contributed by atoms with van der Waals surface area (Å²) in [5, 5.41) is 3.27. The van der Waals surface area contributed by atoms with Gasteiger partial charge < -0.3 is 25.3 Å². The minimum atomic E-state index is -4.64. The van der Waals surface area contributed by atoms with Crippen molar-refractivity contribution in [3.63, 3.8) is 0 Å². The van der Waals surface area contributed by atoms with Crippen LogP contribution in [-0.4, -0.2) is 72.5 Å². The minimum absolute atomic E-state index is 0.120. The van der Waals surface area contributed by atoms with E-state index in [4.69, 9.17) is 22.2 Å². The molecule has 2 heterocycles. The van der Waals surface area contributed by atoms with Crippen molar-refractivity contribution in [2.45, 2.75) is 6.18 Å². The highest BCUT2D eigenvalue weighted by Crippen LogP contribution is 2.36. The Morgan fingerprint density at radius 1 is 1.17 bits per heavy atom. The topological polar surface area (TPSA) is 74.4 Å². The van der Waals surface area contributed by atoms with Crippen LogP contribution in [0.2, 0.25) is 5.02 Å². The van der Waals surface area contributed by atoms with Gasteiger partial charge in [-0.25, -0.2) is 0 Å². The predicted octanol–water partition coefficient (Wildman–Crippen LogP) is 2.19. The number of piperazine rings is 1. The number of carbonyl (C=O) groups excluding carboxylic acids is 1. The number of ether oxygens (including phenoxy) is 1. The van der Waals surface area contributed by atoms with Crippen molar-refractivity contribution >= 4 is 23.5 Å². The lowest BCUT2D eigenvalue weighted by Gasteiger charge is -2.41. The number of hydrogen-bond acceptors (Lipinski definition) is 4. The van der Waals surface area contributed by atoms with Gasteiger partial charge in [0.05, 0.1) is 35.9 Å². The van der Waals surface area contributed by atoms with Gasteiger partial charge in [-0.2, -0.15) is 13.2 Å². The van der Waals surface area contributed by atoms with Gasteiger partial charge in [0.15, 0.2) is 0 Å². The van der Waals surface area contributed by atoms with E-state index in [0.29, 0.717) is 44.5 Å². The number of benzene rings is 1. The second kappa shape index (κ2) is 8.50. The summed E-state index contributed by atoms with van der Waals surface area (Å²) in [7, 11) is 0. The first-order valence-electron chi connectivity index (χ1n) is 8.95. The number of guanidine groups is 1. The van der Waals surface area contributed by atoms with Crippen molar-refractivity contribution in [2.24, 2.45) is 10.9 Å². The molecule has 0 aromatic heterocycles. The molecule has 1 aromatic rings. The Kier molecular flexibility index (Phi) is 6.23. The summed E-state index contributed by atoms with van der Waals surface area (Å²) < 4.78 is 44.6. The maximum Gasteiger partial charge on any atom is 0.417 e. The summed E-state index contributed by atoms with van der Waals surface area (Å²) in [6, 6.07) is 3.31. The Bertz CT molecular complexity index is 824. The van der Waals surface area contributed by atoms with Gasteiger partial charge in [-0.1, -0.05) is 24.2 Å². The van der Waals surface area contributed by atoms with E-state index in [2.05, 4.69) is 11.7 Å². The van der Waals surface area contributed by atoms with Crippen LogP contribution in [0.3, 0.4) is 0 Å². The van der Waals surface area contributed by atoms with E-state index in [-0.39, 0.29) is 18.7 Å². The number of halogens is 4. The summed E-state index contributed by atoms with van der Waals surface area (Å²) in [6.45, 7) is 7.08. The third-order valence-corrected chi connectivity index (χ3v) is 5.23. The SMILES string of the molecule is C=C1CN(C(=O)c2cccc(C(F)(F)F)c2Cl)CCN1/C(=N\N)N1CCOCC1. The van der Waals surface area contributed by atoms with E-state index in [0.717, 1.165) is 6.07 Å². The van der Waals surface area contributed by atoms with Crippen LogP contribution < -0.4 is 5.84 Å². The van der Waals surface area contributed by atoms with Gasteiger partial charge in [0.25, 0.3) is 5.91 Å². The average molecular weight is 432 g/mol. The van der Waals surface area contributed by atoms with Crippen molar-refractivity contribution in [3.05, 3.63) is 46.6 Å². The molecule has 2 saturated heterocycles. The third kappa shape index (κ3) is 4.43. The van der Waals surface area contributed by atoms with Gasteiger partial charge in [-0.15, -0.1) is 5.10 Å². The second-order valence-corrected chi connectivity index (χ2v) is 7.02. The molecule has 2 fully saturated rings. The van der Waals surface area contributed by atoms with Gasteiger partial charge in [-0.05, 0) is 12.1 Å². The highest BCUT2D eigenvalue weighted by atomic mass is 35.5. The third-order valence-electron chi connectivity index (χ3n) is 4.82. The number of carbonyl (C=O) groups is 1. The molecular formula is C18H21ClF3N5O2. The lowest BCUT2D eigenvalue weighted by Crippen LogP contribution is -2.55. The summed E-state index contributed by atoms with van der Waals surface area (Å²) in [6.07, 6.45) is -4.64. The van der Waals surface area contributed by atoms with Gasteiger partial charge >= 0.3 is 6.18 Å². The van der Waals surface area contributed by atoms with Crippen LogP contribution in [0.1, 0.15) is 15.9 Å². The van der Waals surface area contributed by atoms with Crippen molar-refractivity contribution < 1.29 is 22.7 Å². The van der Waals surface area contributed by atoms with E-state index >= 15 is 0 Å². The van der Waals surface area contributed by atoms with E-state index in [1.54, 1.807) is 0 Å². The molecule has 7 nitrogen and oxygen atoms in total. The fourth-order valence-corrected chi connectivity index (χ4v) is 3.66. The normalized spacial score (nSPS) is 19.0. The van der Waals surface area contributed by atoms with Gasteiger partial charge in [0.2, 0.25) is 5.96 Å². The van der Waals surface area contributed by atoms with Crippen molar-refractivity contribution in [3.8, 4) is 0 Å². The number of hydrazone groups is 1. The van der Waals surface area contributed by atoms with Crippen LogP contribution in [0.5, 0.6) is 0 Å². The van der Waals surface area contributed by atoms with Crippen LogP contribution in [0.15, 0.2) is 35.6 Å². The van der Waals surface area contributed by atoms with Crippen molar-refractivity contribution in [1.29, 1.82) is 0 Å². The molecule has 2 aliphatic heterocycles. The van der Waals surface area contributed by atoms with E-state index < -0.39 is 22.7 Å². The number of hydrogen-bond donors (Lipinski definition) is 1. The van der Waals surface area contributed by atoms with Crippen LogP contribution in [-0.2, 0) is 10.9 Å². The average Bonchev–Trinajstić information content (AvgIpc) is 2.69. The van der Waals surface area contributed by atoms with E-state index in [1.807, 2.05) is 9.80 Å². The van der Waals surface area contributed by atoms with Gasteiger partial charge in [-0.3, -0.25) is 4.79 Å². The zero-order valence-electron chi connectivity index (χ0n) is 15.6. The maximum absolute atomic E-state index is 13.1. The van der Waals surface area contributed by atoms with Crippen LogP contribution >= 0.6 is 11.6 Å². The number of alkyl halides is 3. The second-order valence-electron chi connectivity index (χ2n) is 6.64. The highest BCUT2D eigenvalue weighted by Gasteiger charge is 2.36. The fraction of sp³-hybridized carbons (Fsp3) is 0.444. The molecule has 0 aliphatic carbocycles. The quantitative estimate of drug-likeness (QED) is 0.319. The number of morpholine rings is 1. The lowest BCUT2D eigenvalue weighted by molar-refractivity contribution is -0.137. The number of nitrogens with two attached hydrogens (primary N) is 1. The fourth-order valence-electron chi connectivity index (χ4n) is 3.35. The van der Waals surface area contributed by atoms with Crippen molar-refractivity contribution in [1.82, 2.24) is 14.7 Å². The standard InChI is InChI=1S/C18H21ClF3N5O2/c1-12-11-26(5-6-27(12)17(24-23)25-7-9-29-10-8-25)16(28)13-3-2-4-14(15(13)19)18(20,21)22/h2-4H,1,5-11,23H2/b24-17-. The molecule has 11 heteroatoms. The summed E-state index contributed by atoms with van der Waals surface area (Å²) in [5.74, 6) is 5.52. The van der Waals surface area contributed by atoms with E-state index in [9.17, 15) is 18.0 Å². The lowest BCUT2D eigenvalue weighted by atomic mass is 10.1. The first-order valence-corrected chi connectivity index (χ1v) is 9.32. The molecule has 2 N–H and O–H groups in total. The molecule has 2 aliphatic rings. The van der Waals surface area contributed by atoms with Gasteiger partial charge in [0.1, 0.15) is 0 Å². The molecule has 158 valence electrons. The molecule has 0 atom stereocenters. The Hall–Kier alpha value is -2.46. The van der Waals surface area contributed by atoms with Crippen LogP contribution in [0.25, 0.3) is 0 Å². The molecule has 0 saturated carbocycles. The molecule has 1 amide bonds. The highest BCUT2D eigenvalue weighted by molar-refractivity contribution is 6.34.